The fourth-order valence-electron chi connectivity index (χ4n) is 5.56. The van der Waals surface area contributed by atoms with E-state index < -0.39 is 0 Å². The number of nitrogens with zero attached hydrogens (tertiary/aromatic N) is 2. The highest BCUT2D eigenvalue weighted by Crippen LogP contribution is 2.43. The predicted octanol–water partition coefficient (Wildman–Crippen LogP) is 6.47. The molecule has 0 radical (unpaired) electrons. The van der Waals surface area contributed by atoms with Gasteiger partial charge < -0.3 is 5.32 Å². The van der Waals surface area contributed by atoms with Gasteiger partial charge in [0.15, 0.2) is 0 Å². The Morgan fingerprint density at radius 2 is 1.82 bits per heavy atom. The van der Waals surface area contributed by atoms with Gasteiger partial charge in [0.05, 0.1) is 16.9 Å². The van der Waals surface area contributed by atoms with E-state index in [9.17, 15) is 9.59 Å². The second kappa shape index (κ2) is 8.39. The molecule has 2 aliphatic rings. The lowest BCUT2D eigenvalue weighted by atomic mass is 9.74. The van der Waals surface area contributed by atoms with E-state index in [-0.39, 0.29) is 17.2 Å². The molecular formula is C29H31N3O2. The molecule has 34 heavy (non-hydrogen) atoms. The SMILES string of the molecule is CCCC(C)(C)C(CC)CNC(=O)c1ccc2c(c1)C1=Nc3cccc4cccc(c34)N1C2=O. The molecule has 1 atom stereocenters. The van der Waals surface area contributed by atoms with Crippen LogP contribution in [-0.2, 0) is 0 Å². The molecule has 0 fully saturated rings. The first kappa shape index (κ1) is 22.3. The zero-order valence-corrected chi connectivity index (χ0v) is 20.3. The monoisotopic (exact) mass is 453 g/mol. The molecule has 174 valence electrons. The highest BCUT2D eigenvalue weighted by Gasteiger charge is 2.38. The van der Waals surface area contributed by atoms with E-state index in [0.717, 1.165) is 41.4 Å². The maximum absolute atomic E-state index is 13.3. The first-order chi connectivity index (χ1) is 16.4. The molecule has 2 aliphatic heterocycles. The minimum atomic E-state index is -0.113. The summed E-state index contributed by atoms with van der Waals surface area (Å²) in [6.45, 7) is 9.59. The summed E-state index contributed by atoms with van der Waals surface area (Å²) in [5, 5.41) is 5.18. The number of carbonyl (C=O) groups excluding carboxylic acids is 2. The van der Waals surface area contributed by atoms with Gasteiger partial charge in [-0.2, -0.15) is 0 Å². The number of amides is 2. The molecule has 5 nitrogen and oxygen atoms in total. The molecular weight excluding hydrogens is 422 g/mol. The Hall–Kier alpha value is -3.47. The lowest BCUT2D eigenvalue weighted by molar-refractivity contribution is 0.0922. The topological polar surface area (TPSA) is 61.8 Å². The molecule has 0 aromatic heterocycles. The third-order valence-electron chi connectivity index (χ3n) is 7.50. The molecule has 0 spiro atoms. The van der Waals surface area contributed by atoms with Crippen LogP contribution in [0, 0.1) is 11.3 Å². The summed E-state index contributed by atoms with van der Waals surface area (Å²) in [6.07, 6.45) is 3.28. The number of carbonyl (C=O) groups is 2. The molecule has 0 saturated heterocycles. The second-order valence-electron chi connectivity index (χ2n) is 10.0. The molecule has 0 saturated carbocycles. The Morgan fingerprint density at radius 3 is 2.56 bits per heavy atom. The van der Waals surface area contributed by atoms with Crippen molar-refractivity contribution in [2.75, 3.05) is 11.4 Å². The summed E-state index contributed by atoms with van der Waals surface area (Å²) in [4.78, 5) is 33.0. The minimum Gasteiger partial charge on any atom is -0.352 e. The van der Waals surface area contributed by atoms with Crippen molar-refractivity contribution in [2.45, 2.75) is 47.0 Å². The van der Waals surface area contributed by atoms with Gasteiger partial charge in [-0.25, -0.2) is 4.99 Å². The van der Waals surface area contributed by atoms with Crippen LogP contribution in [0.5, 0.6) is 0 Å². The van der Waals surface area contributed by atoms with Crippen LogP contribution in [0.3, 0.4) is 0 Å². The number of fused-ring (bicyclic) bond motifs is 4. The number of hydrogen-bond acceptors (Lipinski definition) is 3. The Kier molecular flexibility index (Phi) is 5.51. The summed E-state index contributed by atoms with van der Waals surface area (Å²) in [7, 11) is 0. The Bertz CT molecular complexity index is 1330. The zero-order chi connectivity index (χ0) is 24.0. The van der Waals surface area contributed by atoms with Crippen LogP contribution in [0.1, 0.15) is 73.2 Å². The van der Waals surface area contributed by atoms with Gasteiger partial charge in [0, 0.05) is 23.1 Å². The number of rotatable bonds is 7. The number of nitrogens with one attached hydrogen (secondary N) is 1. The van der Waals surface area contributed by atoms with Crippen LogP contribution in [-0.4, -0.2) is 24.2 Å². The van der Waals surface area contributed by atoms with E-state index in [1.807, 2.05) is 42.5 Å². The first-order valence-electron chi connectivity index (χ1n) is 12.2. The van der Waals surface area contributed by atoms with Crippen molar-refractivity contribution >= 4 is 39.8 Å². The van der Waals surface area contributed by atoms with Gasteiger partial charge >= 0.3 is 0 Å². The van der Waals surface area contributed by atoms with E-state index in [1.54, 1.807) is 17.0 Å². The van der Waals surface area contributed by atoms with Crippen molar-refractivity contribution in [1.82, 2.24) is 5.32 Å². The van der Waals surface area contributed by atoms with Crippen molar-refractivity contribution in [2.24, 2.45) is 16.3 Å². The normalized spacial score (nSPS) is 15.1. The summed E-state index contributed by atoms with van der Waals surface area (Å²) >= 11 is 0. The largest absolute Gasteiger partial charge is 0.352 e. The standard InChI is InChI=1S/C29H31N3O2/c1-5-15-29(3,4)20(6-2)17-30-27(33)19-13-14-21-22(16-19)26-31-23-11-7-9-18-10-8-12-24(25(18)23)32(26)28(21)34/h7-14,16,20H,5-6,15,17H2,1-4H3,(H,30,33). The molecule has 1 unspecified atom stereocenters. The van der Waals surface area contributed by atoms with E-state index in [0.29, 0.717) is 35.0 Å². The Morgan fingerprint density at radius 1 is 1.06 bits per heavy atom. The van der Waals surface area contributed by atoms with Gasteiger partial charge in [-0.1, -0.05) is 64.8 Å². The summed E-state index contributed by atoms with van der Waals surface area (Å²) in [6, 6.07) is 17.3. The van der Waals surface area contributed by atoms with Crippen LogP contribution in [0.2, 0.25) is 0 Å². The van der Waals surface area contributed by atoms with E-state index >= 15 is 0 Å². The lowest BCUT2D eigenvalue weighted by Crippen LogP contribution is -2.36. The Balaban J connectivity index is 1.45. The van der Waals surface area contributed by atoms with Gasteiger partial charge in [0.25, 0.3) is 11.8 Å². The number of anilines is 1. The smallest absolute Gasteiger partial charge is 0.264 e. The number of amidine groups is 1. The van der Waals surface area contributed by atoms with Crippen molar-refractivity contribution < 1.29 is 9.59 Å². The van der Waals surface area contributed by atoms with Crippen LogP contribution in [0.25, 0.3) is 10.8 Å². The van der Waals surface area contributed by atoms with Gasteiger partial charge in [-0.05, 0) is 53.5 Å². The molecule has 3 aromatic rings. The number of aliphatic imine (C=N–C) groups is 1. The second-order valence-corrected chi connectivity index (χ2v) is 10.0. The molecule has 3 aromatic carbocycles. The third-order valence-corrected chi connectivity index (χ3v) is 7.50. The van der Waals surface area contributed by atoms with Gasteiger partial charge in [0.1, 0.15) is 5.84 Å². The highest BCUT2D eigenvalue weighted by atomic mass is 16.2. The van der Waals surface area contributed by atoms with Crippen LogP contribution in [0.4, 0.5) is 11.4 Å². The molecule has 0 bridgehead atoms. The molecule has 5 rings (SSSR count). The van der Waals surface area contributed by atoms with Crippen molar-refractivity contribution in [1.29, 1.82) is 0 Å². The zero-order valence-electron chi connectivity index (χ0n) is 20.3. The van der Waals surface area contributed by atoms with E-state index in [1.165, 1.54) is 0 Å². The molecule has 0 aliphatic carbocycles. The fourth-order valence-corrected chi connectivity index (χ4v) is 5.56. The molecule has 2 amide bonds. The maximum atomic E-state index is 13.3. The van der Waals surface area contributed by atoms with Crippen LogP contribution >= 0.6 is 0 Å². The number of hydrogen-bond donors (Lipinski definition) is 1. The highest BCUT2D eigenvalue weighted by molar-refractivity contribution is 6.40. The average Bonchev–Trinajstić information content (AvgIpc) is 3.11. The van der Waals surface area contributed by atoms with E-state index in [2.05, 4.69) is 33.0 Å². The predicted molar refractivity (Wildman–Crippen MR) is 138 cm³/mol. The fraction of sp³-hybridized carbons (Fsp3) is 0.345. The molecule has 5 heteroatoms. The van der Waals surface area contributed by atoms with Crippen molar-refractivity contribution in [3.05, 3.63) is 71.3 Å². The van der Waals surface area contributed by atoms with E-state index in [4.69, 9.17) is 4.99 Å². The number of benzene rings is 3. The van der Waals surface area contributed by atoms with Crippen molar-refractivity contribution in [3.63, 3.8) is 0 Å². The lowest BCUT2D eigenvalue weighted by Gasteiger charge is -2.34. The minimum absolute atomic E-state index is 0.102. The summed E-state index contributed by atoms with van der Waals surface area (Å²) in [5.74, 6) is 0.785. The van der Waals surface area contributed by atoms with Gasteiger partial charge in [-0.15, -0.1) is 0 Å². The molecule has 2 heterocycles. The summed E-state index contributed by atoms with van der Waals surface area (Å²) < 4.78 is 0. The molecule has 1 N–H and O–H groups in total. The first-order valence-corrected chi connectivity index (χ1v) is 12.2. The van der Waals surface area contributed by atoms with Crippen molar-refractivity contribution in [3.8, 4) is 0 Å². The maximum Gasteiger partial charge on any atom is 0.264 e. The van der Waals surface area contributed by atoms with Crippen LogP contribution in [0.15, 0.2) is 59.6 Å². The van der Waals surface area contributed by atoms with Gasteiger partial charge in [-0.3, -0.25) is 14.5 Å². The summed E-state index contributed by atoms with van der Waals surface area (Å²) in [5.41, 5.74) is 3.70. The Labute approximate surface area is 200 Å². The van der Waals surface area contributed by atoms with Gasteiger partial charge in [0.2, 0.25) is 0 Å². The third kappa shape index (κ3) is 3.51. The van der Waals surface area contributed by atoms with Crippen LogP contribution < -0.4 is 10.2 Å². The average molecular weight is 454 g/mol. The quantitative estimate of drug-likeness (QED) is 0.445.